The van der Waals surface area contributed by atoms with Gasteiger partial charge in [-0.3, -0.25) is 10.1 Å². The van der Waals surface area contributed by atoms with Crippen molar-refractivity contribution in [3.05, 3.63) is 35.4 Å². The molecule has 0 aliphatic rings. The molecule has 0 fully saturated rings. The van der Waals surface area contributed by atoms with Crippen LogP contribution in [0, 0.1) is 5.92 Å². The van der Waals surface area contributed by atoms with Crippen molar-refractivity contribution >= 4 is 5.97 Å². The van der Waals surface area contributed by atoms with Crippen molar-refractivity contribution in [1.82, 2.24) is 5.32 Å². The van der Waals surface area contributed by atoms with Gasteiger partial charge >= 0.3 is 5.97 Å². The highest BCUT2D eigenvalue weighted by molar-refractivity contribution is 5.73. The van der Waals surface area contributed by atoms with Gasteiger partial charge in [-0.15, -0.1) is 0 Å². The van der Waals surface area contributed by atoms with Crippen molar-refractivity contribution < 1.29 is 9.90 Å². The number of nitrogens with one attached hydrogen (secondary N) is 1. The molecule has 3 heteroatoms. The number of aliphatic carboxylic acids is 1. The van der Waals surface area contributed by atoms with Crippen molar-refractivity contribution in [1.29, 1.82) is 0 Å². The summed E-state index contributed by atoms with van der Waals surface area (Å²) in [5.74, 6) is -0.397. The van der Waals surface area contributed by atoms with E-state index in [2.05, 4.69) is 57.3 Å². The van der Waals surface area contributed by atoms with Crippen molar-refractivity contribution in [3.8, 4) is 0 Å². The maximum Gasteiger partial charge on any atom is 0.320 e. The number of rotatable bonds is 8. The Morgan fingerprint density at radius 1 is 1.20 bits per heavy atom. The fourth-order valence-electron chi connectivity index (χ4n) is 2.39. The second-order valence-electron chi connectivity index (χ2n) is 5.74. The first-order valence-corrected chi connectivity index (χ1v) is 7.55. The van der Waals surface area contributed by atoms with Gasteiger partial charge in [0.15, 0.2) is 0 Å². The van der Waals surface area contributed by atoms with Gasteiger partial charge in [-0.25, -0.2) is 0 Å². The Labute approximate surface area is 122 Å². The van der Waals surface area contributed by atoms with Crippen molar-refractivity contribution in [2.24, 2.45) is 5.92 Å². The van der Waals surface area contributed by atoms with E-state index in [0.29, 0.717) is 12.3 Å². The Bertz CT molecular complexity index is 412. The monoisotopic (exact) mass is 277 g/mol. The van der Waals surface area contributed by atoms with E-state index >= 15 is 0 Å². The molecule has 0 heterocycles. The molecule has 0 aromatic heterocycles. The number of hydrogen-bond acceptors (Lipinski definition) is 2. The molecular formula is C17H27NO2. The van der Waals surface area contributed by atoms with Gasteiger partial charge in [0.25, 0.3) is 0 Å². The van der Waals surface area contributed by atoms with Crippen molar-refractivity contribution in [3.63, 3.8) is 0 Å². The average Bonchev–Trinajstić information content (AvgIpc) is 2.43. The topological polar surface area (TPSA) is 49.3 Å². The van der Waals surface area contributed by atoms with E-state index in [-0.39, 0.29) is 6.04 Å². The van der Waals surface area contributed by atoms with E-state index in [4.69, 9.17) is 0 Å². The van der Waals surface area contributed by atoms with Crippen LogP contribution in [0.25, 0.3) is 0 Å². The highest BCUT2D eigenvalue weighted by atomic mass is 16.4. The lowest BCUT2D eigenvalue weighted by molar-refractivity contribution is -0.140. The molecule has 1 rings (SSSR count). The van der Waals surface area contributed by atoms with Gasteiger partial charge in [0.2, 0.25) is 0 Å². The Kier molecular flexibility index (Phi) is 6.73. The molecule has 0 radical (unpaired) electrons. The summed E-state index contributed by atoms with van der Waals surface area (Å²) in [7, 11) is 0. The highest BCUT2D eigenvalue weighted by Gasteiger charge is 2.22. The smallest absolute Gasteiger partial charge is 0.320 e. The standard InChI is InChI=1S/C17H27NO2/c1-5-13-7-9-14(10-8-13)15(6-2)18-16(17(19)20)11-12(3)4/h7-10,12,15-16,18H,5-6,11H2,1-4H3,(H,19,20). The predicted octanol–water partition coefficient (Wildman–Crippen LogP) is 3.79. The predicted molar refractivity (Wildman–Crippen MR) is 82.9 cm³/mol. The van der Waals surface area contributed by atoms with Crippen LogP contribution in [0.4, 0.5) is 0 Å². The summed E-state index contributed by atoms with van der Waals surface area (Å²) < 4.78 is 0. The minimum atomic E-state index is -0.762. The van der Waals surface area contributed by atoms with Crippen molar-refractivity contribution in [2.75, 3.05) is 0 Å². The normalized spacial score (nSPS) is 14.2. The zero-order valence-corrected chi connectivity index (χ0v) is 13.0. The molecule has 1 aromatic rings. The van der Waals surface area contributed by atoms with E-state index in [1.54, 1.807) is 0 Å². The van der Waals surface area contributed by atoms with Crippen LogP contribution in [0.1, 0.15) is 57.7 Å². The SMILES string of the molecule is CCc1ccc(C(CC)NC(CC(C)C)C(=O)O)cc1. The summed E-state index contributed by atoms with van der Waals surface area (Å²) in [6.07, 6.45) is 2.56. The van der Waals surface area contributed by atoms with Gasteiger partial charge < -0.3 is 5.11 Å². The summed E-state index contributed by atoms with van der Waals surface area (Å²) >= 11 is 0. The van der Waals surface area contributed by atoms with Crippen LogP contribution in [-0.4, -0.2) is 17.1 Å². The van der Waals surface area contributed by atoms with E-state index < -0.39 is 12.0 Å². The molecule has 0 bridgehead atoms. The lowest BCUT2D eigenvalue weighted by Crippen LogP contribution is -2.40. The molecule has 0 saturated carbocycles. The van der Waals surface area contributed by atoms with Crippen LogP contribution in [0.2, 0.25) is 0 Å². The number of carboxylic acids is 1. The van der Waals surface area contributed by atoms with E-state index in [0.717, 1.165) is 12.8 Å². The molecule has 0 aliphatic carbocycles. The second kappa shape index (κ2) is 8.05. The minimum Gasteiger partial charge on any atom is -0.480 e. The lowest BCUT2D eigenvalue weighted by atomic mass is 9.98. The quantitative estimate of drug-likeness (QED) is 0.760. The Morgan fingerprint density at radius 3 is 2.20 bits per heavy atom. The first kappa shape index (κ1) is 16.7. The number of carboxylic acid groups (broad SMARTS) is 1. The summed E-state index contributed by atoms with van der Waals surface area (Å²) in [4.78, 5) is 11.4. The first-order valence-electron chi connectivity index (χ1n) is 7.55. The fraction of sp³-hybridized carbons (Fsp3) is 0.588. The molecule has 112 valence electrons. The second-order valence-corrected chi connectivity index (χ2v) is 5.74. The lowest BCUT2D eigenvalue weighted by Gasteiger charge is -2.24. The van der Waals surface area contributed by atoms with Crippen LogP contribution in [-0.2, 0) is 11.2 Å². The molecule has 0 amide bonds. The van der Waals surface area contributed by atoms with Gasteiger partial charge in [-0.1, -0.05) is 52.0 Å². The Balaban J connectivity index is 2.80. The van der Waals surface area contributed by atoms with Gasteiger partial charge in [-0.2, -0.15) is 0 Å². The van der Waals surface area contributed by atoms with Gasteiger partial charge in [0, 0.05) is 6.04 Å². The fourth-order valence-corrected chi connectivity index (χ4v) is 2.39. The van der Waals surface area contributed by atoms with Crippen LogP contribution in [0.3, 0.4) is 0 Å². The zero-order valence-electron chi connectivity index (χ0n) is 13.0. The number of aryl methyl sites for hydroxylation is 1. The minimum absolute atomic E-state index is 0.0979. The maximum absolute atomic E-state index is 11.4. The van der Waals surface area contributed by atoms with Gasteiger partial charge in [0.1, 0.15) is 6.04 Å². The molecule has 2 atom stereocenters. The third-order valence-electron chi connectivity index (χ3n) is 3.61. The molecule has 0 spiro atoms. The van der Waals surface area contributed by atoms with Gasteiger partial charge in [0.05, 0.1) is 0 Å². The van der Waals surface area contributed by atoms with Crippen LogP contribution >= 0.6 is 0 Å². The number of benzene rings is 1. The number of carbonyl (C=O) groups is 1. The van der Waals surface area contributed by atoms with E-state index in [1.807, 2.05) is 0 Å². The van der Waals surface area contributed by atoms with Crippen LogP contribution in [0.15, 0.2) is 24.3 Å². The van der Waals surface area contributed by atoms with E-state index in [9.17, 15) is 9.90 Å². The third-order valence-corrected chi connectivity index (χ3v) is 3.61. The first-order chi connectivity index (χ1) is 9.47. The molecule has 0 saturated heterocycles. The van der Waals surface area contributed by atoms with E-state index in [1.165, 1.54) is 11.1 Å². The molecule has 20 heavy (non-hydrogen) atoms. The molecule has 3 nitrogen and oxygen atoms in total. The Morgan fingerprint density at radius 2 is 1.80 bits per heavy atom. The highest BCUT2D eigenvalue weighted by Crippen LogP contribution is 2.20. The average molecular weight is 277 g/mol. The summed E-state index contributed by atoms with van der Waals surface area (Å²) in [6.45, 7) is 8.32. The van der Waals surface area contributed by atoms with Gasteiger partial charge in [-0.05, 0) is 36.3 Å². The summed E-state index contributed by atoms with van der Waals surface area (Å²) in [6, 6.07) is 8.07. The maximum atomic E-state index is 11.4. The van der Waals surface area contributed by atoms with Crippen LogP contribution in [0.5, 0.6) is 0 Å². The molecular weight excluding hydrogens is 250 g/mol. The molecule has 2 unspecified atom stereocenters. The Hall–Kier alpha value is -1.35. The summed E-state index contributed by atoms with van der Waals surface area (Å²) in [5.41, 5.74) is 2.47. The zero-order chi connectivity index (χ0) is 15.1. The van der Waals surface area contributed by atoms with Crippen LogP contribution < -0.4 is 5.32 Å². The summed E-state index contributed by atoms with van der Waals surface area (Å²) in [5, 5.41) is 12.6. The van der Waals surface area contributed by atoms with Crippen molar-refractivity contribution in [2.45, 2.75) is 59.0 Å². The molecule has 2 N–H and O–H groups in total. The number of hydrogen-bond donors (Lipinski definition) is 2. The molecule has 0 aliphatic heterocycles. The third kappa shape index (κ3) is 4.97. The molecule has 1 aromatic carbocycles. The largest absolute Gasteiger partial charge is 0.480 e.